The van der Waals surface area contributed by atoms with Gasteiger partial charge in [0.05, 0.1) is 0 Å². The smallest absolute Gasteiger partial charge is 0.171 e. The highest BCUT2D eigenvalue weighted by atomic mass is 15.1. The minimum absolute atomic E-state index is 0.563. The zero-order valence-electron chi connectivity index (χ0n) is 13.0. The molecule has 1 heterocycles. The number of hydrogen-bond acceptors (Lipinski definition) is 0. The monoisotopic (exact) mass is 268 g/mol. The Balaban J connectivity index is 1.67. The lowest BCUT2D eigenvalue weighted by atomic mass is 9.44. The van der Waals surface area contributed by atoms with E-state index in [2.05, 4.69) is 55.8 Å². The number of hydrogen-bond donors (Lipinski definition) is 0. The fraction of sp³-hybridized carbons (Fsp3) is 0.632. The summed E-state index contributed by atoms with van der Waals surface area (Å²) >= 11 is 0. The number of benzene rings is 1. The van der Waals surface area contributed by atoms with Gasteiger partial charge in [0.2, 0.25) is 0 Å². The molecule has 0 N–H and O–H groups in total. The number of nitrogens with zero attached hydrogens (tertiary/aromatic N) is 1. The molecule has 3 aliphatic carbocycles. The van der Waals surface area contributed by atoms with Crippen molar-refractivity contribution in [3.05, 3.63) is 35.4 Å². The summed E-state index contributed by atoms with van der Waals surface area (Å²) in [4.78, 5) is 0. The highest BCUT2D eigenvalue weighted by Gasteiger charge is 2.60. The Labute approximate surface area is 122 Å². The molecule has 20 heavy (non-hydrogen) atoms. The van der Waals surface area contributed by atoms with Gasteiger partial charge >= 0.3 is 0 Å². The van der Waals surface area contributed by atoms with Crippen LogP contribution in [0.3, 0.4) is 0 Å². The van der Waals surface area contributed by atoms with Gasteiger partial charge in [0.25, 0.3) is 0 Å². The molecule has 4 aliphatic rings. The average Bonchev–Trinajstić information content (AvgIpc) is 2.45. The Morgan fingerprint density at radius 1 is 1.10 bits per heavy atom. The van der Waals surface area contributed by atoms with Crippen LogP contribution in [0.15, 0.2) is 24.3 Å². The van der Waals surface area contributed by atoms with E-state index in [-0.39, 0.29) is 0 Å². The van der Waals surface area contributed by atoms with Crippen LogP contribution in [0, 0.1) is 23.2 Å². The van der Waals surface area contributed by atoms with Crippen molar-refractivity contribution in [3.63, 3.8) is 0 Å². The first-order valence-corrected chi connectivity index (χ1v) is 8.26. The summed E-state index contributed by atoms with van der Waals surface area (Å²) in [6.45, 7) is 8.71. The van der Waals surface area contributed by atoms with Crippen LogP contribution in [0.25, 0.3) is 0 Å². The van der Waals surface area contributed by atoms with Crippen LogP contribution in [0.2, 0.25) is 0 Å². The molecule has 0 amide bonds. The lowest BCUT2D eigenvalue weighted by Crippen LogP contribution is -2.61. The van der Waals surface area contributed by atoms with Gasteiger partial charge in [-0.25, -0.2) is 4.58 Å². The number of fused-ring (bicyclic) bond motifs is 3. The molecule has 5 rings (SSSR count). The fourth-order valence-corrected chi connectivity index (χ4v) is 5.33. The average molecular weight is 268 g/mol. The van der Waals surface area contributed by atoms with E-state index < -0.39 is 0 Å². The van der Waals surface area contributed by atoms with Gasteiger partial charge in [-0.05, 0) is 35.3 Å². The molecule has 0 saturated heterocycles. The van der Waals surface area contributed by atoms with Crippen LogP contribution in [0.4, 0.5) is 0 Å². The summed E-state index contributed by atoms with van der Waals surface area (Å²) in [6, 6.07) is 9.69. The van der Waals surface area contributed by atoms with Crippen molar-refractivity contribution < 1.29 is 4.58 Å². The van der Waals surface area contributed by atoms with E-state index in [1.54, 1.807) is 0 Å². The van der Waals surface area contributed by atoms with E-state index in [4.69, 9.17) is 0 Å². The van der Waals surface area contributed by atoms with E-state index in [0.717, 1.165) is 23.8 Å². The van der Waals surface area contributed by atoms with Gasteiger partial charge in [0, 0.05) is 24.3 Å². The molecular formula is C19H26N+. The summed E-state index contributed by atoms with van der Waals surface area (Å²) in [5.74, 6) is 2.77. The first-order chi connectivity index (χ1) is 9.57. The molecule has 0 unspecified atom stereocenters. The normalized spacial score (nSPS) is 37.6. The topological polar surface area (TPSA) is 3.01 Å². The molecule has 3 saturated carbocycles. The molecule has 1 aromatic carbocycles. The molecule has 106 valence electrons. The van der Waals surface area contributed by atoms with Crippen molar-refractivity contribution in [2.75, 3.05) is 6.54 Å². The van der Waals surface area contributed by atoms with Crippen molar-refractivity contribution in [2.45, 2.75) is 46.1 Å². The Kier molecular flexibility index (Phi) is 2.64. The molecule has 1 aromatic rings. The van der Waals surface area contributed by atoms with E-state index in [1.807, 2.05) is 0 Å². The highest BCUT2D eigenvalue weighted by Crippen LogP contribution is 2.61. The first kappa shape index (κ1) is 12.6. The molecular weight excluding hydrogens is 242 g/mol. The summed E-state index contributed by atoms with van der Waals surface area (Å²) in [5.41, 5.74) is 3.54. The lowest BCUT2D eigenvalue weighted by Gasteiger charge is -2.60. The van der Waals surface area contributed by atoms with Crippen LogP contribution in [-0.2, 0) is 6.42 Å². The third-order valence-electron chi connectivity index (χ3n) is 6.61. The molecule has 0 aromatic heterocycles. The molecule has 0 radical (unpaired) electrons. The minimum Gasteiger partial charge on any atom is -0.232 e. The Bertz CT molecular complexity index is 569. The third kappa shape index (κ3) is 1.65. The fourth-order valence-electron chi connectivity index (χ4n) is 5.33. The van der Waals surface area contributed by atoms with Crippen LogP contribution < -0.4 is 0 Å². The van der Waals surface area contributed by atoms with Crippen molar-refractivity contribution in [1.29, 1.82) is 0 Å². The standard InChI is InChI=1S/C19H26N/c1-13-10-18(17-11-16(13)19(17,2)3)20-9-8-14-6-4-5-7-15(14)12-20/h4-7,12-13,16-18H,8-11H2,1-3H3/q+1/t13-,16+,17-,18+/m0/s1. The van der Waals surface area contributed by atoms with Gasteiger partial charge in [0.15, 0.2) is 12.3 Å². The Hall–Kier alpha value is -1.11. The number of rotatable bonds is 1. The van der Waals surface area contributed by atoms with Crippen molar-refractivity contribution in [3.8, 4) is 0 Å². The summed E-state index contributed by atoms with van der Waals surface area (Å²) in [5, 5.41) is 0. The van der Waals surface area contributed by atoms with Crippen LogP contribution >= 0.6 is 0 Å². The molecule has 1 aliphatic heterocycles. The molecule has 4 atom stereocenters. The predicted molar refractivity (Wildman–Crippen MR) is 83.4 cm³/mol. The van der Waals surface area contributed by atoms with Gasteiger partial charge in [-0.15, -0.1) is 0 Å². The van der Waals surface area contributed by atoms with E-state index in [9.17, 15) is 0 Å². The predicted octanol–water partition coefficient (Wildman–Crippen LogP) is 3.74. The van der Waals surface area contributed by atoms with Gasteiger partial charge in [-0.2, -0.15) is 0 Å². The van der Waals surface area contributed by atoms with Gasteiger partial charge in [0.1, 0.15) is 6.54 Å². The van der Waals surface area contributed by atoms with Crippen LogP contribution in [0.5, 0.6) is 0 Å². The largest absolute Gasteiger partial charge is 0.232 e. The maximum Gasteiger partial charge on any atom is 0.171 e. The van der Waals surface area contributed by atoms with Crippen LogP contribution in [0.1, 0.15) is 44.7 Å². The molecule has 3 fully saturated rings. The summed E-state index contributed by atoms with van der Waals surface area (Å²) in [6.07, 6.45) is 6.53. The van der Waals surface area contributed by atoms with Gasteiger partial charge in [-0.3, -0.25) is 0 Å². The van der Waals surface area contributed by atoms with E-state index in [0.29, 0.717) is 5.41 Å². The second-order valence-corrected chi connectivity index (χ2v) is 7.87. The van der Waals surface area contributed by atoms with Gasteiger partial charge in [-0.1, -0.05) is 39.0 Å². The minimum atomic E-state index is 0.563. The van der Waals surface area contributed by atoms with Crippen molar-refractivity contribution >= 4 is 6.21 Å². The maximum absolute atomic E-state index is 2.68. The molecule has 1 heteroatoms. The SMILES string of the molecule is C[C@H]1C[C@@H]([N+]2=Cc3ccccc3CC2)[C@@H]2C[C@H]1C2(C)C. The Morgan fingerprint density at radius 3 is 2.65 bits per heavy atom. The van der Waals surface area contributed by atoms with E-state index in [1.165, 1.54) is 36.9 Å². The molecule has 0 spiro atoms. The van der Waals surface area contributed by atoms with Crippen molar-refractivity contribution in [2.24, 2.45) is 23.2 Å². The molecule has 1 nitrogen and oxygen atoms in total. The molecule has 2 bridgehead atoms. The second kappa shape index (κ2) is 4.19. The third-order valence-corrected chi connectivity index (χ3v) is 6.61. The zero-order chi connectivity index (χ0) is 13.9. The maximum atomic E-state index is 2.68. The van der Waals surface area contributed by atoms with E-state index >= 15 is 0 Å². The first-order valence-electron chi connectivity index (χ1n) is 8.26. The van der Waals surface area contributed by atoms with Gasteiger partial charge < -0.3 is 0 Å². The lowest BCUT2D eigenvalue weighted by molar-refractivity contribution is -0.589. The second-order valence-electron chi connectivity index (χ2n) is 7.87. The summed E-state index contributed by atoms with van der Waals surface area (Å²) < 4.78 is 2.68. The quantitative estimate of drug-likeness (QED) is 0.683. The Morgan fingerprint density at radius 2 is 1.90 bits per heavy atom. The van der Waals surface area contributed by atoms with Crippen LogP contribution in [-0.4, -0.2) is 23.4 Å². The van der Waals surface area contributed by atoms with Crippen molar-refractivity contribution in [1.82, 2.24) is 0 Å². The summed E-state index contributed by atoms with van der Waals surface area (Å²) in [7, 11) is 0. The zero-order valence-corrected chi connectivity index (χ0v) is 13.0. The highest BCUT2D eigenvalue weighted by molar-refractivity contribution is 5.78.